The maximum atomic E-state index is 5.67. The zero-order valence-electron chi connectivity index (χ0n) is 11.7. The molecule has 0 saturated heterocycles. The van der Waals surface area contributed by atoms with Gasteiger partial charge in [-0.1, -0.05) is 31.9 Å². The molecule has 0 aliphatic heterocycles. The second kappa shape index (κ2) is 7.70. The number of ether oxygens (including phenoxy) is 2. The highest BCUT2D eigenvalue weighted by Crippen LogP contribution is 2.42. The molecule has 0 spiro atoms. The quantitative estimate of drug-likeness (QED) is 0.467. The standard InChI is InChI=1S/C15H15Br3O3/c1-3-19-12-7-9(10(16)8-13(12)20-4-2)15(18)11-5-6-14(17)21-11/h5-8,15H,3-4H2,1-2H3. The molecule has 0 amide bonds. The maximum Gasteiger partial charge on any atom is 0.169 e. The molecule has 21 heavy (non-hydrogen) atoms. The maximum absolute atomic E-state index is 5.67. The fourth-order valence-electron chi connectivity index (χ4n) is 1.90. The Balaban J connectivity index is 2.40. The first-order valence-corrected chi connectivity index (χ1v) is 9.05. The van der Waals surface area contributed by atoms with E-state index < -0.39 is 0 Å². The summed E-state index contributed by atoms with van der Waals surface area (Å²) in [6.45, 7) is 5.08. The summed E-state index contributed by atoms with van der Waals surface area (Å²) in [5, 5.41) is 0. The fourth-order valence-corrected chi connectivity index (χ4v) is 3.70. The SMILES string of the molecule is CCOc1cc(Br)c(C(Br)c2ccc(Br)o2)cc1OCC. The summed E-state index contributed by atoms with van der Waals surface area (Å²) in [4.78, 5) is -0.0759. The van der Waals surface area contributed by atoms with Crippen LogP contribution in [0.5, 0.6) is 11.5 Å². The molecule has 2 rings (SSSR count). The van der Waals surface area contributed by atoms with Crippen LogP contribution in [0.2, 0.25) is 0 Å². The third-order valence-corrected chi connectivity index (χ3v) is 4.84. The van der Waals surface area contributed by atoms with Crippen molar-refractivity contribution in [2.24, 2.45) is 0 Å². The largest absolute Gasteiger partial charge is 0.490 e. The first kappa shape index (κ1) is 16.9. The minimum absolute atomic E-state index is 0.0759. The zero-order valence-corrected chi connectivity index (χ0v) is 16.4. The topological polar surface area (TPSA) is 31.6 Å². The van der Waals surface area contributed by atoms with Gasteiger partial charge in [-0.15, -0.1) is 0 Å². The first-order valence-electron chi connectivity index (χ1n) is 6.55. The highest BCUT2D eigenvalue weighted by Gasteiger charge is 2.20. The third-order valence-electron chi connectivity index (χ3n) is 2.78. The van der Waals surface area contributed by atoms with Crippen LogP contribution >= 0.6 is 47.8 Å². The lowest BCUT2D eigenvalue weighted by Crippen LogP contribution is -2.01. The van der Waals surface area contributed by atoms with Gasteiger partial charge in [-0.05, 0) is 59.6 Å². The number of rotatable bonds is 6. The van der Waals surface area contributed by atoms with Crippen LogP contribution in [-0.2, 0) is 0 Å². The Morgan fingerprint density at radius 1 is 1.05 bits per heavy atom. The Bertz CT molecular complexity index is 610. The molecule has 1 aromatic carbocycles. The lowest BCUT2D eigenvalue weighted by molar-refractivity contribution is 0.287. The highest BCUT2D eigenvalue weighted by molar-refractivity contribution is 9.11. The van der Waals surface area contributed by atoms with Crippen molar-refractivity contribution in [3.63, 3.8) is 0 Å². The molecule has 0 bridgehead atoms. The third kappa shape index (κ3) is 4.05. The fraction of sp³-hybridized carbons (Fsp3) is 0.333. The molecule has 1 atom stereocenters. The number of benzene rings is 1. The van der Waals surface area contributed by atoms with Gasteiger partial charge in [-0.3, -0.25) is 0 Å². The van der Waals surface area contributed by atoms with E-state index in [9.17, 15) is 0 Å². The molecular formula is C15H15Br3O3. The average Bonchev–Trinajstić information content (AvgIpc) is 2.88. The van der Waals surface area contributed by atoms with Crippen LogP contribution in [0.4, 0.5) is 0 Å². The minimum atomic E-state index is -0.0759. The van der Waals surface area contributed by atoms with Crippen LogP contribution in [0, 0.1) is 0 Å². The lowest BCUT2D eigenvalue weighted by Gasteiger charge is -2.16. The summed E-state index contributed by atoms with van der Waals surface area (Å²) in [7, 11) is 0. The van der Waals surface area contributed by atoms with Gasteiger partial charge in [-0.2, -0.15) is 0 Å². The van der Waals surface area contributed by atoms with E-state index in [4.69, 9.17) is 13.9 Å². The molecule has 2 aromatic rings. The number of halogens is 3. The van der Waals surface area contributed by atoms with Gasteiger partial charge in [0.15, 0.2) is 16.2 Å². The number of alkyl halides is 1. The van der Waals surface area contributed by atoms with Gasteiger partial charge in [0, 0.05) is 4.47 Å². The Kier molecular flexibility index (Phi) is 6.20. The second-order valence-electron chi connectivity index (χ2n) is 4.19. The van der Waals surface area contributed by atoms with Gasteiger partial charge >= 0.3 is 0 Å². The van der Waals surface area contributed by atoms with Crippen molar-refractivity contribution in [3.8, 4) is 11.5 Å². The van der Waals surface area contributed by atoms with Crippen molar-refractivity contribution in [1.82, 2.24) is 0 Å². The average molecular weight is 483 g/mol. The summed E-state index contributed by atoms with van der Waals surface area (Å²) in [6.07, 6.45) is 0. The van der Waals surface area contributed by atoms with E-state index in [1.165, 1.54) is 0 Å². The Morgan fingerprint density at radius 3 is 2.19 bits per heavy atom. The molecule has 1 unspecified atom stereocenters. The summed E-state index contributed by atoms with van der Waals surface area (Å²) in [6, 6.07) is 7.69. The van der Waals surface area contributed by atoms with E-state index in [1.54, 1.807) is 0 Å². The predicted molar refractivity (Wildman–Crippen MR) is 93.7 cm³/mol. The highest BCUT2D eigenvalue weighted by atomic mass is 79.9. The van der Waals surface area contributed by atoms with E-state index in [2.05, 4.69) is 47.8 Å². The van der Waals surface area contributed by atoms with E-state index >= 15 is 0 Å². The summed E-state index contributed by atoms with van der Waals surface area (Å²) in [5.41, 5.74) is 1.02. The van der Waals surface area contributed by atoms with Crippen molar-refractivity contribution in [2.75, 3.05) is 13.2 Å². The lowest BCUT2D eigenvalue weighted by atomic mass is 10.1. The summed E-state index contributed by atoms with van der Waals surface area (Å²) >= 11 is 10.6. The van der Waals surface area contributed by atoms with E-state index in [0.29, 0.717) is 17.9 Å². The number of hydrogen-bond acceptors (Lipinski definition) is 3. The van der Waals surface area contributed by atoms with E-state index in [0.717, 1.165) is 27.3 Å². The van der Waals surface area contributed by atoms with Gasteiger partial charge in [0.25, 0.3) is 0 Å². The van der Waals surface area contributed by atoms with Crippen molar-refractivity contribution >= 4 is 47.8 Å². The molecule has 114 valence electrons. The molecule has 1 aromatic heterocycles. The molecule has 0 radical (unpaired) electrons. The van der Waals surface area contributed by atoms with Crippen LogP contribution in [0.3, 0.4) is 0 Å². The molecule has 1 heterocycles. The Hall–Kier alpha value is -0.460. The molecule has 0 aliphatic carbocycles. The van der Waals surface area contributed by atoms with E-state index in [-0.39, 0.29) is 4.83 Å². The van der Waals surface area contributed by atoms with Crippen molar-refractivity contribution in [2.45, 2.75) is 18.7 Å². The number of hydrogen-bond donors (Lipinski definition) is 0. The van der Waals surface area contributed by atoms with Gasteiger partial charge in [0.2, 0.25) is 0 Å². The molecule has 0 N–H and O–H groups in total. The zero-order chi connectivity index (χ0) is 15.4. The van der Waals surface area contributed by atoms with Crippen LogP contribution in [0.1, 0.15) is 30.0 Å². The van der Waals surface area contributed by atoms with Crippen LogP contribution in [0.25, 0.3) is 0 Å². The van der Waals surface area contributed by atoms with Crippen LogP contribution in [0.15, 0.2) is 37.8 Å². The smallest absolute Gasteiger partial charge is 0.169 e. The Labute approximate surface area is 149 Å². The molecule has 0 aliphatic rings. The first-order chi connectivity index (χ1) is 10.1. The predicted octanol–water partition coefficient (Wildman–Crippen LogP) is 6.09. The summed E-state index contributed by atoms with van der Waals surface area (Å²) in [5.74, 6) is 2.28. The van der Waals surface area contributed by atoms with Crippen LogP contribution in [-0.4, -0.2) is 13.2 Å². The normalized spacial score (nSPS) is 12.2. The molecule has 0 fully saturated rings. The molecule has 6 heteroatoms. The van der Waals surface area contributed by atoms with Crippen molar-refractivity contribution in [3.05, 3.63) is 44.7 Å². The second-order valence-corrected chi connectivity index (χ2v) is 6.74. The van der Waals surface area contributed by atoms with Gasteiger partial charge in [0.1, 0.15) is 5.76 Å². The molecule has 3 nitrogen and oxygen atoms in total. The molecular weight excluding hydrogens is 468 g/mol. The Morgan fingerprint density at radius 2 is 1.67 bits per heavy atom. The molecule has 0 saturated carbocycles. The van der Waals surface area contributed by atoms with Crippen LogP contribution < -0.4 is 9.47 Å². The van der Waals surface area contributed by atoms with Gasteiger partial charge in [-0.25, -0.2) is 0 Å². The summed E-state index contributed by atoms with van der Waals surface area (Å²) < 4.78 is 18.5. The number of furan rings is 1. The van der Waals surface area contributed by atoms with Crippen molar-refractivity contribution in [1.29, 1.82) is 0 Å². The van der Waals surface area contributed by atoms with Gasteiger partial charge in [0.05, 0.1) is 18.0 Å². The van der Waals surface area contributed by atoms with Gasteiger partial charge < -0.3 is 13.9 Å². The van der Waals surface area contributed by atoms with E-state index in [1.807, 2.05) is 38.1 Å². The van der Waals surface area contributed by atoms with Crippen molar-refractivity contribution < 1.29 is 13.9 Å². The minimum Gasteiger partial charge on any atom is -0.490 e. The monoisotopic (exact) mass is 480 g/mol.